The Kier molecular flexibility index (Phi) is 7.48. The number of rotatable bonds is 9. The average Bonchev–Trinajstić information content (AvgIpc) is 2.45. The quantitative estimate of drug-likeness (QED) is 0.698. The SMILES string of the molecule is CCNC(c1ccc(OC)cc1)C(OCC)OCC. The van der Waals surface area contributed by atoms with E-state index in [2.05, 4.69) is 12.2 Å². The van der Waals surface area contributed by atoms with Crippen LogP contribution in [0.15, 0.2) is 24.3 Å². The molecule has 1 N–H and O–H groups in total. The second kappa shape index (κ2) is 8.91. The number of ether oxygens (including phenoxy) is 3. The molecule has 0 saturated carbocycles. The van der Waals surface area contributed by atoms with Crippen molar-refractivity contribution in [3.8, 4) is 5.75 Å². The van der Waals surface area contributed by atoms with Gasteiger partial charge in [-0.1, -0.05) is 19.1 Å². The summed E-state index contributed by atoms with van der Waals surface area (Å²) < 4.78 is 16.6. The van der Waals surface area contributed by atoms with E-state index in [1.807, 2.05) is 38.1 Å². The number of hydrogen-bond acceptors (Lipinski definition) is 4. The van der Waals surface area contributed by atoms with Crippen LogP contribution in [0, 0.1) is 0 Å². The van der Waals surface area contributed by atoms with Gasteiger partial charge >= 0.3 is 0 Å². The maximum absolute atomic E-state index is 5.69. The van der Waals surface area contributed by atoms with Gasteiger partial charge in [0.15, 0.2) is 6.29 Å². The van der Waals surface area contributed by atoms with Crippen LogP contribution in [0.25, 0.3) is 0 Å². The van der Waals surface area contributed by atoms with E-state index in [9.17, 15) is 0 Å². The van der Waals surface area contributed by atoms with Gasteiger partial charge in [0.2, 0.25) is 0 Å². The number of benzene rings is 1. The zero-order valence-corrected chi connectivity index (χ0v) is 12.3. The van der Waals surface area contributed by atoms with Gasteiger partial charge in [-0.2, -0.15) is 0 Å². The van der Waals surface area contributed by atoms with Crippen LogP contribution in [0.4, 0.5) is 0 Å². The molecular weight excluding hydrogens is 242 g/mol. The molecule has 4 heteroatoms. The lowest BCUT2D eigenvalue weighted by atomic mass is 10.1. The van der Waals surface area contributed by atoms with Crippen molar-refractivity contribution in [1.29, 1.82) is 0 Å². The highest BCUT2D eigenvalue weighted by molar-refractivity contribution is 5.29. The molecule has 0 aromatic heterocycles. The summed E-state index contributed by atoms with van der Waals surface area (Å²) >= 11 is 0. The molecule has 0 aliphatic rings. The third-order valence-corrected chi connectivity index (χ3v) is 2.83. The molecule has 4 nitrogen and oxygen atoms in total. The molecule has 1 unspecified atom stereocenters. The van der Waals surface area contributed by atoms with Crippen molar-refractivity contribution in [3.05, 3.63) is 29.8 Å². The fraction of sp³-hybridized carbons (Fsp3) is 0.600. The molecule has 0 saturated heterocycles. The van der Waals surface area contributed by atoms with E-state index in [0.29, 0.717) is 13.2 Å². The van der Waals surface area contributed by atoms with Gasteiger partial charge in [0.25, 0.3) is 0 Å². The number of hydrogen-bond donors (Lipinski definition) is 1. The molecule has 1 aromatic rings. The van der Waals surface area contributed by atoms with Crippen molar-refractivity contribution in [1.82, 2.24) is 5.32 Å². The van der Waals surface area contributed by atoms with Crippen molar-refractivity contribution in [2.24, 2.45) is 0 Å². The first-order chi connectivity index (χ1) is 9.26. The van der Waals surface area contributed by atoms with Gasteiger partial charge < -0.3 is 19.5 Å². The zero-order chi connectivity index (χ0) is 14.1. The Hall–Kier alpha value is -1.10. The first-order valence-electron chi connectivity index (χ1n) is 6.87. The fourth-order valence-electron chi connectivity index (χ4n) is 1.97. The Bertz CT molecular complexity index is 334. The van der Waals surface area contributed by atoms with E-state index in [-0.39, 0.29) is 12.3 Å². The molecule has 1 rings (SSSR count). The summed E-state index contributed by atoms with van der Waals surface area (Å²) in [4.78, 5) is 0. The molecule has 108 valence electrons. The van der Waals surface area contributed by atoms with E-state index in [1.54, 1.807) is 7.11 Å². The zero-order valence-electron chi connectivity index (χ0n) is 12.3. The Morgan fingerprint density at radius 3 is 2.00 bits per heavy atom. The lowest BCUT2D eigenvalue weighted by Crippen LogP contribution is -2.36. The van der Waals surface area contributed by atoms with E-state index in [1.165, 1.54) is 0 Å². The van der Waals surface area contributed by atoms with E-state index >= 15 is 0 Å². The normalized spacial score (nSPS) is 12.7. The second-order valence-corrected chi connectivity index (χ2v) is 4.09. The van der Waals surface area contributed by atoms with E-state index in [4.69, 9.17) is 14.2 Å². The highest BCUT2D eigenvalue weighted by Crippen LogP contribution is 2.23. The van der Waals surface area contributed by atoms with Crippen molar-refractivity contribution >= 4 is 0 Å². The van der Waals surface area contributed by atoms with Crippen LogP contribution in [0.1, 0.15) is 32.4 Å². The summed E-state index contributed by atoms with van der Waals surface area (Å²) in [6.07, 6.45) is -0.275. The third-order valence-electron chi connectivity index (χ3n) is 2.83. The van der Waals surface area contributed by atoms with Crippen molar-refractivity contribution < 1.29 is 14.2 Å². The summed E-state index contributed by atoms with van der Waals surface area (Å²) in [7, 11) is 1.67. The van der Waals surface area contributed by atoms with Gasteiger partial charge in [0.1, 0.15) is 5.75 Å². The molecule has 0 aliphatic heterocycles. The minimum atomic E-state index is -0.275. The first kappa shape index (κ1) is 16.0. The fourth-order valence-corrected chi connectivity index (χ4v) is 1.97. The van der Waals surface area contributed by atoms with Crippen LogP contribution in [0.5, 0.6) is 5.75 Å². The van der Waals surface area contributed by atoms with E-state index < -0.39 is 0 Å². The average molecular weight is 267 g/mol. The lowest BCUT2D eigenvalue weighted by molar-refractivity contribution is -0.155. The van der Waals surface area contributed by atoms with Crippen LogP contribution < -0.4 is 10.1 Å². The maximum atomic E-state index is 5.69. The molecule has 1 atom stereocenters. The smallest absolute Gasteiger partial charge is 0.176 e. The molecular formula is C15H25NO3. The van der Waals surface area contributed by atoms with Gasteiger partial charge in [-0.15, -0.1) is 0 Å². The van der Waals surface area contributed by atoms with Crippen LogP contribution in [-0.4, -0.2) is 33.2 Å². The second-order valence-electron chi connectivity index (χ2n) is 4.09. The van der Waals surface area contributed by atoms with Gasteiger partial charge in [0.05, 0.1) is 13.2 Å². The molecule has 0 aliphatic carbocycles. The topological polar surface area (TPSA) is 39.7 Å². The largest absolute Gasteiger partial charge is 0.497 e. The minimum Gasteiger partial charge on any atom is -0.497 e. The van der Waals surface area contributed by atoms with E-state index in [0.717, 1.165) is 17.9 Å². The summed E-state index contributed by atoms with van der Waals surface area (Å²) in [5, 5.41) is 3.42. The molecule has 0 fully saturated rings. The molecule has 1 aromatic carbocycles. The lowest BCUT2D eigenvalue weighted by Gasteiger charge is -2.27. The van der Waals surface area contributed by atoms with Gasteiger partial charge in [0, 0.05) is 13.2 Å². The van der Waals surface area contributed by atoms with Crippen LogP contribution in [0.2, 0.25) is 0 Å². The number of methoxy groups -OCH3 is 1. The first-order valence-corrected chi connectivity index (χ1v) is 6.87. The molecule has 0 spiro atoms. The molecule has 19 heavy (non-hydrogen) atoms. The predicted molar refractivity (Wildman–Crippen MR) is 76.5 cm³/mol. The number of nitrogens with one attached hydrogen (secondary N) is 1. The third kappa shape index (κ3) is 4.82. The Balaban J connectivity index is 2.88. The number of likely N-dealkylation sites (N-methyl/N-ethyl adjacent to an activating group) is 1. The molecule has 0 amide bonds. The Morgan fingerprint density at radius 2 is 1.58 bits per heavy atom. The summed E-state index contributed by atoms with van der Waals surface area (Å²) in [6.45, 7) is 8.14. The summed E-state index contributed by atoms with van der Waals surface area (Å²) in [6, 6.07) is 8.01. The Morgan fingerprint density at radius 1 is 1.00 bits per heavy atom. The molecule has 0 radical (unpaired) electrons. The standard InChI is InChI=1S/C15H25NO3/c1-5-16-14(15(18-6-2)19-7-3)12-8-10-13(17-4)11-9-12/h8-11,14-16H,5-7H2,1-4H3. The summed E-state index contributed by atoms with van der Waals surface area (Å²) in [5.74, 6) is 0.850. The monoisotopic (exact) mass is 267 g/mol. The predicted octanol–water partition coefficient (Wildman–Crippen LogP) is 2.74. The Labute approximate surface area is 116 Å². The maximum Gasteiger partial charge on any atom is 0.176 e. The van der Waals surface area contributed by atoms with Crippen LogP contribution >= 0.6 is 0 Å². The van der Waals surface area contributed by atoms with Gasteiger partial charge in [-0.3, -0.25) is 0 Å². The molecule has 0 bridgehead atoms. The highest BCUT2D eigenvalue weighted by atomic mass is 16.7. The van der Waals surface area contributed by atoms with Crippen molar-refractivity contribution in [3.63, 3.8) is 0 Å². The van der Waals surface area contributed by atoms with Crippen molar-refractivity contribution in [2.75, 3.05) is 26.9 Å². The van der Waals surface area contributed by atoms with Gasteiger partial charge in [-0.05, 0) is 38.1 Å². The highest BCUT2D eigenvalue weighted by Gasteiger charge is 2.23. The van der Waals surface area contributed by atoms with Crippen molar-refractivity contribution in [2.45, 2.75) is 33.1 Å². The molecule has 0 heterocycles. The van der Waals surface area contributed by atoms with Crippen LogP contribution in [-0.2, 0) is 9.47 Å². The van der Waals surface area contributed by atoms with Crippen LogP contribution in [0.3, 0.4) is 0 Å². The minimum absolute atomic E-state index is 0.0239. The summed E-state index contributed by atoms with van der Waals surface area (Å²) in [5.41, 5.74) is 1.13. The van der Waals surface area contributed by atoms with Gasteiger partial charge in [-0.25, -0.2) is 0 Å².